The molecule has 0 bridgehead atoms. The number of pyridine rings is 1. The Morgan fingerprint density at radius 2 is 0.675 bits per heavy atom. The van der Waals surface area contributed by atoms with Crippen molar-refractivity contribution in [1.82, 2.24) is 14.1 Å². The van der Waals surface area contributed by atoms with Crippen LogP contribution in [0.15, 0.2) is 206 Å². The van der Waals surface area contributed by atoms with Gasteiger partial charge in [-0.2, -0.15) is 57.9 Å². The van der Waals surface area contributed by atoms with E-state index in [-0.39, 0.29) is 39.9 Å². The lowest BCUT2D eigenvalue weighted by atomic mass is 9.95. The molecule has 3 heterocycles. The van der Waals surface area contributed by atoms with Crippen LogP contribution in [0.3, 0.4) is 0 Å². The van der Waals surface area contributed by atoms with Gasteiger partial charge in [0.05, 0.1) is 78.7 Å². The smallest absolute Gasteiger partial charge is 0.307 e. The predicted octanol–water partition coefficient (Wildman–Crippen LogP) is 19.6. The SMILES string of the molecule is N#Cc1cc(-n2c3ccccc3c3cc(-c4cc(C(F)(F)F)cc(C(F)(F)F)c4)ccc32)c(-n2c3ccccc3c3cc(-c4cc(C(F)(F)F)cc(C(F)(F)F)c4)ccc32)cc1-c1cc(-c2ccccc2)nc(-c2ccccc2)c1. The number of alkyl halides is 12. The first kappa shape index (κ1) is 51.2. The number of para-hydroxylation sites is 2. The van der Waals surface area contributed by atoms with Crippen molar-refractivity contribution in [2.45, 2.75) is 24.7 Å². The molecule has 4 nitrogen and oxygen atoms in total. The van der Waals surface area contributed by atoms with E-state index in [9.17, 15) is 57.9 Å². The highest BCUT2D eigenvalue weighted by molar-refractivity contribution is 6.13. The van der Waals surface area contributed by atoms with Crippen molar-refractivity contribution in [1.29, 1.82) is 5.26 Å². The molecule has 0 aliphatic rings. The standard InChI is InChI=1S/C64H34F12N4/c65-61(66,67)44-23-40(24-45(32-44)62(68,69)70)38-19-21-57-51(27-38)48-15-7-9-17-55(48)79(57)59-31-43(35-77)50(42-29-53(36-11-3-1-4-12-36)78-54(30-42)37-13-5-2-6-14-37)34-60(59)80-56-18-10-8-16-49(56)52-28-39(20-22-58(52)80)41-25-46(63(71,72)73)33-47(26-41)64(74,75)76/h1-34H. The normalized spacial score (nSPS) is 12.5. The molecule has 0 aliphatic heterocycles. The summed E-state index contributed by atoms with van der Waals surface area (Å²) in [5, 5.41) is 13.2. The van der Waals surface area contributed by atoms with Crippen LogP contribution < -0.4 is 0 Å². The number of benzene rings is 9. The third-order valence-electron chi connectivity index (χ3n) is 14.2. The summed E-state index contributed by atoms with van der Waals surface area (Å²) in [6.45, 7) is 0. The molecule has 0 amide bonds. The minimum atomic E-state index is -5.11. The van der Waals surface area contributed by atoms with Gasteiger partial charge >= 0.3 is 24.7 Å². The first-order valence-electron chi connectivity index (χ1n) is 24.5. The van der Waals surface area contributed by atoms with Crippen molar-refractivity contribution in [3.8, 4) is 73.3 Å². The Hall–Kier alpha value is -9.62. The molecule has 394 valence electrons. The van der Waals surface area contributed by atoms with Crippen LogP contribution in [0.1, 0.15) is 27.8 Å². The van der Waals surface area contributed by atoms with Crippen LogP contribution in [0, 0.1) is 11.3 Å². The molecule has 0 spiro atoms. The summed E-state index contributed by atoms with van der Waals surface area (Å²) in [5.74, 6) is 0. The average Bonchev–Trinajstić information content (AvgIpc) is 4.20. The highest BCUT2D eigenvalue weighted by Gasteiger charge is 2.39. The maximum absolute atomic E-state index is 14.2. The third kappa shape index (κ3) is 9.13. The third-order valence-corrected chi connectivity index (χ3v) is 14.2. The number of nitrogens with zero attached hydrogens (tertiary/aromatic N) is 4. The first-order valence-corrected chi connectivity index (χ1v) is 24.5. The molecule has 3 aromatic heterocycles. The minimum Gasteiger partial charge on any atom is -0.307 e. The second kappa shape index (κ2) is 18.8. The Morgan fingerprint density at radius 1 is 0.312 bits per heavy atom. The van der Waals surface area contributed by atoms with Gasteiger partial charge < -0.3 is 9.13 Å². The van der Waals surface area contributed by atoms with E-state index < -0.39 is 47.0 Å². The number of hydrogen-bond donors (Lipinski definition) is 0. The van der Waals surface area contributed by atoms with Crippen LogP contribution in [0.5, 0.6) is 0 Å². The fraction of sp³-hybridized carbons (Fsp3) is 0.0625. The average molecular weight is 1090 g/mol. The van der Waals surface area contributed by atoms with Crippen molar-refractivity contribution >= 4 is 43.6 Å². The Kier molecular flexibility index (Phi) is 12.0. The molecule has 12 rings (SSSR count). The lowest BCUT2D eigenvalue weighted by molar-refractivity contribution is -0.144. The van der Waals surface area contributed by atoms with Gasteiger partial charge in [-0.3, -0.25) is 0 Å². The Balaban J connectivity index is 1.16. The van der Waals surface area contributed by atoms with Gasteiger partial charge in [0.2, 0.25) is 0 Å². The molecule has 0 radical (unpaired) electrons. The van der Waals surface area contributed by atoms with Gasteiger partial charge in [0.25, 0.3) is 0 Å². The van der Waals surface area contributed by atoms with Crippen LogP contribution in [0.25, 0.3) is 111 Å². The van der Waals surface area contributed by atoms with Gasteiger partial charge in [0, 0.05) is 38.2 Å². The lowest BCUT2D eigenvalue weighted by Crippen LogP contribution is -2.11. The molecule has 0 aliphatic carbocycles. The van der Waals surface area contributed by atoms with E-state index in [0.717, 1.165) is 11.1 Å². The molecule has 80 heavy (non-hydrogen) atoms. The van der Waals surface area contributed by atoms with Crippen molar-refractivity contribution in [3.63, 3.8) is 0 Å². The van der Waals surface area contributed by atoms with Crippen LogP contribution in [-0.4, -0.2) is 14.1 Å². The van der Waals surface area contributed by atoms with E-state index in [1.54, 1.807) is 66.7 Å². The van der Waals surface area contributed by atoms with Crippen LogP contribution >= 0.6 is 0 Å². The first-order chi connectivity index (χ1) is 38.1. The largest absolute Gasteiger partial charge is 0.416 e. The quantitative estimate of drug-likeness (QED) is 0.149. The zero-order valence-electron chi connectivity index (χ0n) is 41.0. The van der Waals surface area contributed by atoms with Gasteiger partial charge in [-0.25, -0.2) is 4.98 Å². The molecular weight excluding hydrogens is 1050 g/mol. The number of nitriles is 1. The highest BCUT2D eigenvalue weighted by Crippen LogP contribution is 2.46. The fourth-order valence-corrected chi connectivity index (χ4v) is 10.5. The fourth-order valence-electron chi connectivity index (χ4n) is 10.5. The molecule has 0 N–H and O–H groups in total. The van der Waals surface area contributed by atoms with E-state index >= 15 is 0 Å². The summed E-state index contributed by atoms with van der Waals surface area (Å²) >= 11 is 0. The van der Waals surface area contributed by atoms with Crippen molar-refractivity contribution in [2.75, 3.05) is 0 Å². The second-order valence-corrected chi connectivity index (χ2v) is 19.1. The molecule has 0 fully saturated rings. The van der Waals surface area contributed by atoms with E-state index in [4.69, 9.17) is 4.98 Å². The van der Waals surface area contributed by atoms with Crippen molar-refractivity contribution in [2.24, 2.45) is 0 Å². The number of rotatable bonds is 7. The van der Waals surface area contributed by atoms with E-state index in [1.807, 2.05) is 88.0 Å². The van der Waals surface area contributed by atoms with Crippen LogP contribution in [0.2, 0.25) is 0 Å². The predicted molar refractivity (Wildman–Crippen MR) is 285 cm³/mol. The highest BCUT2D eigenvalue weighted by atomic mass is 19.4. The summed E-state index contributed by atoms with van der Waals surface area (Å²) in [6.07, 6.45) is -20.4. The second-order valence-electron chi connectivity index (χ2n) is 19.1. The van der Waals surface area contributed by atoms with E-state index in [0.29, 0.717) is 102 Å². The monoisotopic (exact) mass is 1090 g/mol. The number of fused-ring (bicyclic) bond motifs is 6. The molecule has 0 unspecified atom stereocenters. The zero-order valence-corrected chi connectivity index (χ0v) is 41.0. The molecular formula is C64H34F12N4. The van der Waals surface area contributed by atoms with Gasteiger partial charge in [0.1, 0.15) is 0 Å². The summed E-state index contributed by atoms with van der Waals surface area (Å²) in [7, 11) is 0. The summed E-state index contributed by atoms with van der Waals surface area (Å²) in [4.78, 5) is 5.04. The van der Waals surface area contributed by atoms with Gasteiger partial charge in [-0.15, -0.1) is 0 Å². The Labute approximate surface area is 446 Å². The summed E-state index contributed by atoms with van der Waals surface area (Å²) in [5.41, 5.74) is 0.0705. The number of hydrogen-bond acceptors (Lipinski definition) is 2. The van der Waals surface area contributed by atoms with E-state index in [1.165, 1.54) is 24.3 Å². The molecule has 0 atom stereocenters. The number of halogens is 12. The number of aromatic nitrogens is 3. The maximum atomic E-state index is 14.2. The maximum Gasteiger partial charge on any atom is 0.416 e. The molecule has 16 heteroatoms. The molecule has 12 aromatic rings. The van der Waals surface area contributed by atoms with Gasteiger partial charge in [0.15, 0.2) is 0 Å². The lowest BCUT2D eigenvalue weighted by Gasteiger charge is -2.20. The molecule has 9 aromatic carbocycles. The molecule has 0 saturated carbocycles. The summed E-state index contributed by atoms with van der Waals surface area (Å²) < 4.78 is 174. The van der Waals surface area contributed by atoms with Crippen LogP contribution in [0.4, 0.5) is 52.7 Å². The molecule has 0 saturated heterocycles. The van der Waals surface area contributed by atoms with Gasteiger partial charge in [-0.05, 0) is 125 Å². The van der Waals surface area contributed by atoms with Crippen molar-refractivity contribution < 1.29 is 52.7 Å². The Bertz CT molecular complexity index is 4360. The Morgan fingerprint density at radius 3 is 1.06 bits per heavy atom. The zero-order chi connectivity index (χ0) is 56.0. The van der Waals surface area contributed by atoms with Crippen LogP contribution in [-0.2, 0) is 24.7 Å². The van der Waals surface area contributed by atoms with Crippen molar-refractivity contribution in [3.05, 3.63) is 234 Å². The minimum absolute atomic E-state index is 0.0488. The summed E-state index contributed by atoms with van der Waals surface area (Å²) in [6, 6.07) is 54.2. The van der Waals surface area contributed by atoms with Gasteiger partial charge in [-0.1, -0.05) is 109 Å². The topological polar surface area (TPSA) is 46.5 Å². The van der Waals surface area contributed by atoms with E-state index in [2.05, 4.69) is 6.07 Å².